The predicted octanol–water partition coefficient (Wildman–Crippen LogP) is 1.71. The van der Waals surface area contributed by atoms with Gasteiger partial charge in [-0.15, -0.1) is 0 Å². The molecule has 1 aromatic carbocycles. The highest BCUT2D eigenvalue weighted by atomic mass is 16.2. The van der Waals surface area contributed by atoms with Crippen molar-refractivity contribution in [3.8, 4) is 6.07 Å². The van der Waals surface area contributed by atoms with Crippen LogP contribution in [0.2, 0.25) is 0 Å². The van der Waals surface area contributed by atoms with E-state index in [1.165, 1.54) is 13.0 Å². The van der Waals surface area contributed by atoms with Crippen LogP contribution in [-0.4, -0.2) is 17.3 Å². The summed E-state index contributed by atoms with van der Waals surface area (Å²) in [6, 6.07) is 8.36. The fourth-order valence-electron chi connectivity index (χ4n) is 1.98. The molecule has 0 unspecified atom stereocenters. The van der Waals surface area contributed by atoms with E-state index in [0.717, 1.165) is 0 Å². The van der Waals surface area contributed by atoms with Gasteiger partial charge in [0.05, 0.1) is 5.57 Å². The van der Waals surface area contributed by atoms with Gasteiger partial charge in [0.25, 0.3) is 0 Å². The normalized spacial score (nSPS) is 14.2. The molecule has 0 aromatic heterocycles. The molecule has 0 amide bonds. The monoisotopic (exact) mass is 239 g/mol. The molecule has 0 aliphatic heterocycles. The lowest BCUT2D eigenvalue weighted by Crippen LogP contribution is -2.24. The summed E-state index contributed by atoms with van der Waals surface area (Å²) >= 11 is 0. The highest BCUT2D eigenvalue weighted by Gasteiger charge is 2.32. The van der Waals surface area contributed by atoms with E-state index in [0.29, 0.717) is 5.56 Å². The number of Topliss-reactive ketones (excluding diaryl/α,β-unsaturated/α-hetero) is 3. The Kier molecular flexibility index (Phi) is 2.90. The molecule has 18 heavy (non-hydrogen) atoms. The van der Waals surface area contributed by atoms with E-state index in [1.807, 2.05) is 6.07 Å². The lowest BCUT2D eigenvalue weighted by atomic mass is 9.82. The summed E-state index contributed by atoms with van der Waals surface area (Å²) in [4.78, 5) is 34.9. The van der Waals surface area contributed by atoms with Crippen LogP contribution in [0, 0.1) is 11.3 Å². The average Bonchev–Trinajstić information content (AvgIpc) is 2.36. The Bertz CT molecular complexity index is 647. The SMILES string of the molecule is CC(=O)CC1=C(C#N)c2ccccc2C(=O)C1=O. The molecule has 0 N–H and O–H groups in total. The number of rotatable bonds is 2. The molecular weight excluding hydrogens is 230 g/mol. The maximum absolute atomic E-state index is 11.9. The number of fused-ring (bicyclic) bond motifs is 1. The van der Waals surface area contributed by atoms with Crippen molar-refractivity contribution in [3.05, 3.63) is 41.0 Å². The summed E-state index contributed by atoms with van der Waals surface area (Å²) in [5, 5.41) is 9.14. The molecule has 0 radical (unpaired) electrons. The number of ketones is 3. The number of carbonyl (C=O) groups excluding carboxylic acids is 3. The molecule has 88 valence electrons. The van der Waals surface area contributed by atoms with E-state index in [2.05, 4.69) is 0 Å². The van der Waals surface area contributed by atoms with Crippen LogP contribution in [0.15, 0.2) is 29.8 Å². The molecule has 1 aliphatic rings. The molecule has 0 saturated carbocycles. The van der Waals surface area contributed by atoms with Crippen LogP contribution in [0.3, 0.4) is 0 Å². The molecule has 0 heterocycles. The molecular formula is C14H9NO3. The van der Waals surface area contributed by atoms with Crippen molar-refractivity contribution in [1.29, 1.82) is 5.26 Å². The van der Waals surface area contributed by atoms with E-state index >= 15 is 0 Å². The largest absolute Gasteiger partial charge is 0.300 e. The maximum Gasteiger partial charge on any atom is 0.233 e. The number of allylic oxidation sites excluding steroid dienone is 2. The number of carbonyl (C=O) groups is 3. The van der Waals surface area contributed by atoms with Gasteiger partial charge in [-0.2, -0.15) is 5.26 Å². The Morgan fingerprint density at radius 2 is 1.78 bits per heavy atom. The molecule has 0 saturated heterocycles. The first kappa shape index (κ1) is 11.9. The van der Waals surface area contributed by atoms with Gasteiger partial charge in [-0.25, -0.2) is 0 Å². The average molecular weight is 239 g/mol. The van der Waals surface area contributed by atoms with Gasteiger partial charge >= 0.3 is 0 Å². The fourth-order valence-corrected chi connectivity index (χ4v) is 1.98. The molecule has 0 spiro atoms. The first-order valence-corrected chi connectivity index (χ1v) is 5.37. The quantitative estimate of drug-likeness (QED) is 0.736. The summed E-state index contributed by atoms with van der Waals surface area (Å²) in [5.74, 6) is -1.65. The van der Waals surface area contributed by atoms with Crippen LogP contribution < -0.4 is 0 Å². The number of nitriles is 1. The number of hydrogen-bond acceptors (Lipinski definition) is 4. The second kappa shape index (κ2) is 4.38. The molecule has 1 aliphatic carbocycles. The Labute approximate surface area is 104 Å². The molecule has 1 aromatic rings. The van der Waals surface area contributed by atoms with Gasteiger partial charge in [0, 0.05) is 23.1 Å². The third-order valence-corrected chi connectivity index (χ3v) is 2.76. The van der Waals surface area contributed by atoms with Crippen LogP contribution >= 0.6 is 0 Å². The zero-order valence-electron chi connectivity index (χ0n) is 9.69. The minimum absolute atomic E-state index is 0.00806. The lowest BCUT2D eigenvalue weighted by Gasteiger charge is -2.16. The maximum atomic E-state index is 11.9. The van der Waals surface area contributed by atoms with Crippen molar-refractivity contribution < 1.29 is 14.4 Å². The van der Waals surface area contributed by atoms with Gasteiger partial charge in [-0.3, -0.25) is 14.4 Å². The van der Waals surface area contributed by atoms with Crippen molar-refractivity contribution in [2.75, 3.05) is 0 Å². The molecule has 0 atom stereocenters. The number of benzene rings is 1. The first-order valence-electron chi connectivity index (χ1n) is 5.37. The summed E-state index contributed by atoms with van der Waals surface area (Å²) in [5.41, 5.74) is 0.798. The van der Waals surface area contributed by atoms with E-state index in [-0.39, 0.29) is 28.9 Å². The zero-order chi connectivity index (χ0) is 13.3. The van der Waals surface area contributed by atoms with Gasteiger partial charge < -0.3 is 0 Å². The van der Waals surface area contributed by atoms with Crippen molar-refractivity contribution in [1.82, 2.24) is 0 Å². The summed E-state index contributed by atoms with van der Waals surface area (Å²) < 4.78 is 0. The summed E-state index contributed by atoms with van der Waals surface area (Å²) in [6.45, 7) is 1.32. The zero-order valence-corrected chi connectivity index (χ0v) is 9.69. The summed E-state index contributed by atoms with van der Waals surface area (Å²) in [6.07, 6.45) is -0.179. The van der Waals surface area contributed by atoms with E-state index in [4.69, 9.17) is 5.26 Å². The second-order valence-electron chi connectivity index (χ2n) is 4.05. The third-order valence-electron chi connectivity index (χ3n) is 2.76. The van der Waals surface area contributed by atoms with Crippen molar-refractivity contribution >= 4 is 22.9 Å². The minimum Gasteiger partial charge on any atom is -0.300 e. The van der Waals surface area contributed by atoms with Crippen molar-refractivity contribution in [2.24, 2.45) is 0 Å². The Morgan fingerprint density at radius 3 is 2.33 bits per heavy atom. The Hall–Kier alpha value is -2.54. The molecule has 4 heteroatoms. The van der Waals surface area contributed by atoms with Gasteiger partial charge in [0.15, 0.2) is 0 Å². The van der Waals surface area contributed by atoms with Gasteiger partial charge in [0.1, 0.15) is 11.9 Å². The van der Waals surface area contributed by atoms with Gasteiger partial charge in [-0.05, 0) is 6.92 Å². The van der Waals surface area contributed by atoms with Crippen LogP contribution in [0.4, 0.5) is 0 Å². The smallest absolute Gasteiger partial charge is 0.233 e. The van der Waals surface area contributed by atoms with Crippen LogP contribution in [0.25, 0.3) is 5.57 Å². The number of nitrogens with zero attached hydrogens (tertiary/aromatic N) is 1. The molecule has 2 rings (SSSR count). The third kappa shape index (κ3) is 1.76. The van der Waals surface area contributed by atoms with Crippen LogP contribution in [0.1, 0.15) is 29.3 Å². The molecule has 0 bridgehead atoms. The Morgan fingerprint density at radius 1 is 1.17 bits per heavy atom. The predicted molar refractivity (Wildman–Crippen MR) is 63.6 cm³/mol. The van der Waals surface area contributed by atoms with E-state index < -0.39 is 11.6 Å². The topological polar surface area (TPSA) is 75.0 Å². The number of hydrogen-bond donors (Lipinski definition) is 0. The van der Waals surface area contributed by atoms with Gasteiger partial charge in [0.2, 0.25) is 11.6 Å². The van der Waals surface area contributed by atoms with Crippen molar-refractivity contribution in [2.45, 2.75) is 13.3 Å². The molecule has 0 fully saturated rings. The highest BCUT2D eigenvalue weighted by molar-refractivity contribution is 6.53. The standard InChI is InChI=1S/C14H9NO3/c1-8(16)6-11-12(7-15)9-4-2-3-5-10(9)13(17)14(11)18/h2-5H,6H2,1H3. The fraction of sp³-hybridized carbons (Fsp3) is 0.143. The summed E-state index contributed by atoms with van der Waals surface area (Å²) in [7, 11) is 0. The second-order valence-corrected chi connectivity index (χ2v) is 4.05. The van der Waals surface area contributed by atoms with Crippen LogP contribution in [-0.2, 0) is 9.59 Å². The highest BCUT2D eigenvalue weighted by Crippen LogP contribution is 2.30. The van der Waals surface area contributed by atoms with Crippen LogP contribution in [0.5, 0.6) is 0 Å². The molecule has 4 nitrogen and oxygen atoms in total. The van der Waals surface area contributed by atoms with Crippen molar-refractivity contribution in [3.63, 3.8) is 0 Å². The van der Waals surface area contributed by atoms with E-state index in [1.54, 1.807) is 18.2 Å². The van der Waals surface area contributed by atoms with E-state index in [9.17, 15) is 14.4 Å². The lowest BCUT2D eigenvalue weighted by molar-refractivity contribution is -0.118. The first-order chi connectivity index (χ1) is 8.56. The Balaban J connectivity index is 2.72. The van der Waals surface area contributed by atoms with Gasteiger partial charge in [-0.1, -0.05) is 24.3 Å². The minimum atomic E-state index is -0.750.